The number of aliphatic hydroxyl groups excluding tert-OH is 1. The fourth-order valence-electron chi connectivity index (χ4n) is 1.74. The summed E-state index contributed by atoms with van der Waals surface area (Å²) < 4.78 is 0. The van der Waals surface area contributed by atoms with E-state index in [9.17, 15) is 9.90 Å². The average molecular weight is 261 g/mol. The third-order valence-electron chi connectivity index (χ3n) is 3.37. The van der Waals surface area contributed by atoms with E-state index in [0.29, 0.717) is 11.4 Å². The second-order valence-corrected chi connectivity index (χ2v) is 5.38. The van der Waals surface area contributed by atoms with Gasteiger partial charge in [-0.15, -0.1) is 0 Å². The largest absolute Gasteiger partial charge is 0.399 e. The summed E-state index contributed by atoms with van der Waals surface area (Å²) in [5.74, 6) is -0.249. The number of H-pyrrole nitrogens is 1. The van der Waals surface area contributed by atoms with Crippen LogP contribution in [0.5, 0.6) is 0 Å². The number of rotatable bonds is 3. The lowest BCUT2D eigenvalue weighted by Gasteiger charge is -2.29. The Kier molecular flexibility index (Phi) is 3.24. The van der Waals surface area contributed by atoms with Gasteiger partial charge < -0.3 is 21.1 Å². The molecule has 0 spiro atoms. The van der Waals surface area contributed by atoms with Crippen molar-refractivity contribution in [3.63, 3.8) is 0 Å². The van der Waals surface area contributed by atoms with Gasteiger partial charge in [0, 0.05) is 16.6 Å². The van der Waals surface area contributed by atoms with Crippen molar-refractivity contribution in [2.24, 2.45) is 0 Å². The fraction of sp³-hybridized carbons (Fsp3) is 0.357. The number of hydrogen-bond acceptors (Lipinski definition) is 3. The van der Waals surface area contributed by atoms with E-state index in [2.05, 4.69) is 10.3 Å². The number of aromatic nitrogens is 1. The Morgan fingerprint density at radius 3 is 2.74 bits per heavy atom. The van der Waals surface area contributed by atoms with Crippen LogP contribution in [0.3, 0.4) is 0 Å². The van der Waals surface area contributed by atoms with E-state index in [-0.39, 0.29) is 5.91 Å². The van der Waals surface area contributed by atoms with Crippen LogP contribution >= 0.6 is 0 Å². The molecule has 5 nitrogen and oxygen atoms in total. The molecule has 1 unspecified atom stereocenters. The van der Waals surface area contributed by atoms with Crippen LogP contribution in [-0.2, 0) is 0 Å². The van der Waals surface area contributed by atoms with Gasteiger partial charge in [-0.05, 0) is 45.0 Å². The Morgan fingerprint density at radius 1 is 1.42 bits per heavy atom. The normalized spacial score (nSPS) is 13.5. The van der Waals surface area contributed by atoms with Gasteiger partial charge in [-0.2, -0.15) is 0 Å². The summed E-state index contributed by atoms with van der Waals surface area (Å²) in [6.07, 6.45) is -0.642. The van der Waals surface area contributed by atoms with E-state index in [1.165, 1.54) is 0 Å². The fourth-order valence-corrected chi connectivity index (χ4v) is 1.74. The number of aliphatic hydroxyl groups is 1. The molecule has 0 aliphatic heterocycles. The Labute approximate surface area is 111 Å². The number of nitrogen functional groups attached to an aromatic ring is 1. The molecule has 0 fully saturated rings. The zero-order valence-corrected chi connectivity index (χ0v) is 11.3. The molecule has 19 heavy (non-hydrogen) atoms. The molecule has 0 bridgehead atoms. The minimum atomic E-state index is -0.687. The quantitative estimate of drug-likeness (QED) is 0.633. The van der Waals surface area contributed by atoms with E-state index < -0.39 is 11.6 Å². The Morgan fingerprint density at radius 2 is 2.11 bits per heavy atom. The van der Waals surface area contributed by atoms with Gasteiger partial charge in [-0.3, -0.25) is 4.79 Å². The van der Waals surface area contributed by atoms with Crippen LogP contribution in [0, 0.1) is 0 Å². The molecular weight excluding hydrogens is 242 g/mol. The number of hydrogen-bond donors (Lipinski definition) is 4. The lowest BCUT2D eigenvalue weighted by molar-refractivity contribution is 0.0706. The molecule has 1 aromatic carbocycles. The molecule has 0 aliphatic rings. The highest BCUT2D eigenvalue weighted by atomic mass is 16.3. The van der Waals surface area contributed by atoms with Crippen molar-refractivity contribution in [3.05, 3.63) is 30.0 Å². The molecular formula is C14H19N3O2. The second-order valence-electron chi connectivity index (χ2n) is 5.38. The number of amides is 1. The summed E-state index contributed by atoms with van der Waals surface area (Å²) in [6.45, 7) is 5.19. The van der Waals surface area contributed by atoms with Crippen molar-refractivity contribution in [2.45, 2.75) is 32.4 Å². The number of benzene rings is 1. The van der Waals surface area contributed by atoms with Crippen LogP contribution < -0.4 is 11.1 Å². The number of carbonyl (C=O) groups is 1. The number of nitrogens with one attached hydrogen (secondary N) is 2. The van der Waals surface area contributed by atoms with Crippen LogP contribution in [0.15, 0.2) is 24.3 Å². The molecule has 1 amide bonds. The third kappa shape index (κ3) is 2.71. The maximum Gasteiger partial charge on any atom is 0.268 e. The van der Waals surface area contributed by atoms with Gasteiger partial charge in [0.1, 0.15) is 5.69 Å². The first kappa shape index (κ1) is 13.4. The second kappa shape index (κ2) is 4.59. The topological polar surface area (TPSA) is 91.1 Å². The van der Waals surface area contributed by atoms with Gasteiger partial charge in [0.2, 0.25) is 0 Å². The predicted molar refractivity (Wildman–Crippen MR) is 75.9 cm³/mol. The van der Waals surface area contributed by atoms with Gasteiger partial charge in [0.25, 0.3) is 5.91 Å². The van der Waals surface area contributed by atoms with Crippen LogP contribution in [0.4, 0.5) is 5.69 Å². The Bertz CT molecular complexity index is 614. The van der Waals surface area contributed by atoms with Gasteiger partial charge in [0.05, 0.1) is 11.6 Å². The lowest BCUT2D eigenvalue weighted by Crippen LogP contribution is -2.51. The van der Waals surface area contributed by atoms with E-state index in [1.54, 1.807) is 32.9 Å². The first-order valence-electron chi connectivity index (χ1n) is 6.18. The highest BCUT2D eigenvalue weighted by Crippen LogP contribution is 2.19. The van der Waals surface area contributed by atoms with Crippen LogP contribution in [0.1, 0.15) is 31.3 Å². The molecule has 0 saturated carbocycles. The number of nitrogens with two attached hydrogens (primary N) is 1. The molecule has 0 saturated heterocycles. The van der Waals surface area contributed by atoms with Crippen molar-refractivity contribution in [1.29, 1.82) is 0 Å². The number of carbonyl (C=O) groups excluding carboxylic acids is 1. The summed E-state index contributed by atoms with van der Waals surface area (Å²) in [7, 11) is 0. The highest BCUT2D eigenvalue weighted by molar-refractivity contribution is 5.98. The van der Waals surface area contributed by atoms with Crippen LogP contribution in [0.2, 0.25) is 0 Å². The minimum absolute atomic E-state index is 0.249. The Hall–Kier alpha value is -2.01. The van der Waals surface area contributed by atoms with Gasteiger partial charge >= 0.3 is 0 Å². The van der Waals surface area contributed by atoms with Crippen molar-refractivity contribution < 1.29 is 9.90 Å². The van der Waals surface area contributed by atoms with Crippen molar-refractivity contribution in [1.82, 2.24) is 10.3 Å². The number of fused-ring (bicyclic) bond motifs is 1. The predicted octanol–water partition coefficient (Wildman–Crippen LogP) is 1.64. The minimum Gasteiger partial charge on any atom is -0.399 e. The maximum atomic E-state index is 12.1. The van der Waals surface area contributed by atoms with Crippen LogP contribution in [-0.4, -0.2) is 27.6 Å². The number of anilines is 1. The lowest BCUT2D eigenvalue weighted by atomic mass is 9.98. The summed E-state index contributed by atoms with van der Waals surface area (Å²) in [5.41, 5.74) is 6.98. The van der Waals surface area contributed by atoms with Crippen molar-refractivity contribution in [3.8, 4) is 0 Å². The smallest absolute Gasteiger partial charge is 0.268 e. The van der Waals surface area contributed by atoms with Gasteiger partial charge in [-0.1, -0.05) is 0 Å². The maximum absolute atomic E-state index is 12.1. The molecule has 2 aromatic rings. The molecule has 1 atom stereocenters. The van der Waals surface area contributed by atoms with Crippen molar-refractivity contribution >= 4 is 22.5 Å². The molecule has 5 heteroatoms. The molecule has 0 radical (unpaired) electrons. The van der Waals surface area contributed by atoms with Crippen LogP contribution in [0.25, 0.3) is 10.9 Å². The summed E-state index contributed by atoms with van der Waals surface area (Å²) >= 11 is 0. The molecule has 0 aliphatic carbocycles. The monoisotopic (exact) mass is 261 g/mol. The summed E-state index contributed by atoms with van der Waals surface area (Å²) in [4.78, 5) is 15.2. The Balaban J connectivity index is 2.27. The third-order valence-corrected chi connectivity index (χ3v) is 3.37. The highest BCUT2D eigenvalue weighted by Gasteiger charge is 2.27. The van der Waals surface area contributed by atoms with Gasteiger partial charge in [0.15, 0.2) is 0 Å². The van der Waals surface area contributed by atoms with E-state index in [1.807, 2.05) is 12.1 Å². The summed E-state index contributed by atoms with van der Waals surface area (Å²) in [6, 6.07) is 7.17. The van der Waals surface area contributed by atoms with E-state index in [4.69, 9.17) is 5.73 Å². The summed E-state index contributed by atoms with van der Waals surface area (Å²) in [5, 5.41) is 13.3. The average Bonchev–Trinajstić information content (AvgIpc) is 2.71. The van der Waals surface area contributed by atoms with E-state index in [0.717, 1.165) is 10.9 Å². The first-order chi connectivity index (χ1) is 8.79. The van der Waals surface area contributed by atoms with Gasteiger partial charge in [-0.25, -0.2) is 0 Å². The standard InChI is InChI=1S/C14H19N3O2/c1-8(18)14(2,3)17-13(19)12-7-9-6-10(15)4-5-11(9)16-12/h4-8,16,18H,15H2,1-3H3,(H,17,19). The first-order valence-corrected chi connectivity index (χ1v) is 6.18. The molecule has 102 valence electrons. The zero-order chi connectivity index (χ0) is 14.2. The molecule has 2 rings (SSSR count). The molecule has 5 N–H and O–H groups in total. The SMILES string of the molecule is CC(O)C(C)(C)NC(=O)c1cc2cc(N)ccc2[nH]1. The van der Waals surface area contributed by atoms with Crippen molar-refractivity contribution in [2.75, 3.05) is 5.73 Å². The van der Waals surface area contributed by atoms with E-state index >= 15 is 0 Å². The molecule has 1 aromatic heterocycles. The zero-order valence-electron chi connectivity index (χ0n) is 11.3. The number of aromatic amines is 1. The molecule has 1 heterocycles.